The molecule has 2 N–H and O–H groups in total. The molecule has 0 aliphatic carbocycles. The van der Waals surface area contributed by atoms with Crippen molar-refractivity contribution < 1.29 is 4.79 Å². The third-order valence-electron chi connectivity index (χ3n) is 3.09. The molecule has 0 aliphatic rings. The van der Waals surface area contributed by atoms with Gasteiger partial charge in [0.1, 0.15) is 5.01 Å². The minimum absolute atomic E-state index is 0.0745. The zero-order valence-electron chi connectivity index (χ0n) is 12.6. The molecule has 0 bridgehead atoms. The lowest BCUT2D eigenvalue weighted by molar-refractivity contribution is 0.0940. The van der Waals surface area contributed by atoms with Crippen LogP contribution in [0.5, 0.6) is 0 Å². The fraction of sp³-hybridized carbons (Fsp3) is 0.375. The molecule has 21 heavy (non-hydrogen) atoms. The predicted octanol–water partition coefficient (Wildman–Crippen LogP) is 3.76. The maximum Gasteiger partial charge on any atom is 0.253 e. The van der Waals surface area contributed by atoms with Gasteiger partial charge in [-0.3, -0.25) is 4.79 Å². The van der Waals surface area contributed by atoms with E-state index >= 15 is 0 Å². The zero-order chi connectivity index (χ0) is 15.2. The fourth-order valence-corrected chi connectivity index (χ4v) is 2.81. The van der Waals surface area contributed by atoms with Crippen LogP contribution in [0.3, 0.4) is 0 Å². The quantitative estimate of drug-likeness (QED) is 0.854. The van der Waals surface area contributed by atoms with E-state index in [0.717, 1.165) is 29.4 Å². The summed E-state index contributed by atoms with van der Waals surface area (Å²) >= 11 is 1.57. The van der Waals surface area contributed by atoms with Crippen LogP contribution in [0.15, 0.2) is 29.6 Å². The van der Waals surface area contributed by atoms with Crippen molar-refractivity contribution in [3.63, 3.8) is 0 Å². The first-order valence-corrected chi connectivity index (χ1v) is 8.05. The molecule has 2 rings (SSSR count). The molecular weight excluding hydrogens is 282 g/mol. The van der Waals surface area contributed by atoms with Crippen LogP contribution < -0.4 is 10.6 Å². The standard InChI is InChI=1S/C16H21N3OS/c1-4-9-17-14-8-6-5-7-13(14)15(20)19-12(3)16-18-11(2)10-21-16/h5-8,10,12,17H,4,9H2,1-3H3,(H,19,20). The van der Waals surface area contributed by atoms with Gasteiger partial charge in [-0.05, 0) is 32.4 Å². The molecule has 5 heteroatoms. The largest absolute Gasteiger partial charge is 0.384 e. The highest BCUT2D eigenvalue weighted by molar-refractivity contribution is 7.09. The Balaban J connectivity index is 2.09. The summed E-state index contributed by atoms with van der Waals surface area (Å²) in [5, 5.41) is 9.22. The number of amides is 1. The SMILES string of the molecule is CCCNc1ccccc1C(=O)NC(C)c1nc(C)cs1. The summed E-state index contributed by atoms with van der Waals surface area (Å²) in [5.74, 6) is -0.0745. The Morgan fingerprint density at radius 3 is 2.81 bits per heavy atom. The molecule has 0 saturated carbocycles. The van der Waals surface area contributed by atoms with Crippen molar-refractivity contribution in [2.75, 3.05) is 11.9 Å². The average molecular weight is 303 g/mol. The second-order valence-corrected chi connectivity index (χ2v) is 5.88. The number of carbonyl (C=O) groups excluding carboxylic acids is 1. The van der Waals surface area contributed by atoms with Gasteiger partial charge in [0.25, 0.3) is 5.91 Å². The van der Waals surface area contributed by atoms with Crippen LogP contribution in [-0.4, -0.2) is 17.4 Å². The van der Waals surface area contributed by atoms with E-state index in [1.54, 1.807) is 11.3 Å². The molecule has 1 amide bonds. The first-order chi connectivity index (χ1) is 10.1. The highest BCUT2D eigenvalue weighted by Gasteiger charge is 2.16. The van der Waals surface area contributed by atoms with Crippen LogP contribution >= 0.6 is 11.3 Å². The summed E-state index contributed by atoms with van der Waals surface area (Å²) in [4.78, 5) is 16.9. The number of carbonyl (C=O) groups is 1. The van der Waals surface area contributed by atoms with Crippen molar-refractivity contribution in [2.45, 2.75) is 33.2 Å². The van der Waals surface area contributed by atoms with Gasteiger partial charge in [-0.1, -0.05) is 19.1 Å². The topological polar surface area (TPSA) is 54.0 Å². The van der Waals surface area contributed by atoms with Crippen LogP contribution in [0.2, 0.25) is 0 Å². The minimum atomic E-state index is -0.0876. The van der Waals surface area contributed by atoms with Crippen molar-refractivity contribution in [3.8, 4) is 0 Å². The third kappa shape index (κ3) is 4.04. The van der Waals surface area contributed by atoms with Crippen molar-refractivity contribution >= 4 is 22.9 Å². The van der Waals surface area contributed by atoms with E-state index < -0.39 is 0 Å². The lowest BCUT2D eigenvalue weighted by Crippen LogP contribution is -2.27. The summed E-state index contributed by atoms with van der Waals surface area (Å²) in [6.07, 6.45) is 1.02. The van der Waals surface area contributed by atoms with E-state index in [-0.39, 0.29) is 11.9 Å². The summed E-state index contributed by atoms with van der Waals surface area (Å²) in [6.45, 7) is 6.87. The minimum Gasteiger partial charge on any atom is -0.384 e. The number of hydrogen-bond donors (Lipinski definition) is 2. The molecule has 2 aromatic rings. The van der Waals surface area contributed by atoms with E-state index in [9.17, 15) is 4.79 Å². The molecule has 1 aromatic carbocycles. The van der Waals surface area contributed by atoms with Gasteiger partial charge < -0.3 is 10.6 Å². The molecule has 112 valence electrons. The highest BCUT2D eigenvalue weighted by Crippen LogP contribution is 2.20. The number of nitrogens with one attached hydrogen (secondary N) is 2. The van der Waals surface area contributed by atoms with Crippen LogP contribution in [-0.2, 0) is 0 Å². The van der Waals surface area contributed by atoms with E-state index in [0.29, 0.717) is 5.56 Å². The molecule has 1 atom stereocenters. The number of nitrogens with zero attached hydrogens (tertiary/aromatic N) is 1. The number of hydrogen-bond acceptors (Lipinski definition) is 4. The second kappa shape index (κ2) is 7.22. The first-order valence-electron chi connectivity index (χ1n) is 7.17. The van der Waals surface area contributed by atoms with Gasteiger partial charge in [0.2, 0.25) is 0 Å². The Labute approximate surface area is 129 Å². The number of para-hydroxylation sites is 1. The van der Waals surface area contributed by atoms with Gasteiger partial charge in [-0.15, -0.1) is 11.3 Å². The van der Waals surface area contributed by atoms with E-state index in [4.69, 9.17) is 0 Å². The molecule has 1 unspecified atom stereocenters. The average Bonchev–Trinajstić information content (AvgIpc) is 2.92. The predicted molar refractivity (Wildman–Crippen MR) is 88.0 cm³/mol. The smallest absolute Gasteiger partial charge is 0.253 e. The summed E-state index contributed by atoms with van der Waals surface area (Å²) in [5.41, 5.74) is 2.53. The second-order valence-electron chi connectivity index (χ2n) is 4.99. The Morgan fingerprint density at radius 1 is 1.38 bits per heavy atom. The van der Waals surface area contributed by atoms with Crippen LogP contribution in [0.1, 0.15) is 47.4 Å². The molecule has 1 heterocycles. The Bertz CT molecular complexity index is 609. The molecule has 0 radical (unpaired) electrons. The highest BCUT2D eigenvalue weighted by atomic mass is 32.1. The van der Waals surface area contributed by atoms with E-state index in [2.05, 4.69) is 22.5 Å². The van der Waals surface area contributed by atoms with Crippen LogP contribution in [0.4, 0.5) is 5.69 Å². The lowest BCUT2D eigenvalue weighted by atomic mass is 10.1. The summed E-state index contributed by atoms with van der Waals surface area (Å²) in [7, 11) is 0. The Hall–Kier alpha value is -1.88. The normalized spacial score (nSPS) is 12.0. The molecule has 0 fully saturated rings. The molecule has 4 nitrogen and oxygen atoms in total. The fourth-order valence-electron chi connectivity index (χ4n) is 2.00. The summed E-state index contributed by atoms with van der Waals surface area (Å²) in [6, 6.07) is 7.50. The number of rotatable bonds is 6. The van der Waals surface area contributed by atoms with Crippen molar-refractivity contribution in [1.29, 1.82) is 0 Å². The Kier molecular flexibility index (Phi) is 5.33. The number of benzene rings is 1. The number of thiazole rings is 1. The molecule has 0 spiro atoms. The number of aromatic nitrogens is 1. The maximum absolute atomic E-state index is 12.4. The van der Waals surface area contributed by atoms with Gasteiger partial charge in [0.05, 0.1) is 11.6 Å². The summed E-state index contributed by atoms with van der Waals surface area (Å²) < 4.78 is 0. The third-order valence-corrected chi connectivity index (χ3v) is 4.24. The van der Waals surface area contributed by atoms with Crippen molar-refractivity contribution in [1.82, 2.24) is 10.3 Å². The maximum atomic E-state index is 12.4. The number of aryl methyl sites for hydroxylation is 1. The lowest BCUT2D eigenvalue weighted by Gasteiger charge is -2.14. The van der Waals surface area contributed by atoms with Gasteiger partial charge in [-0.2, -0.15) is 0 Å². The monoisotopic (exact) mass is 303 g/mol. The molecule has 0 aliphatic heterocycles. The number of anilines is 1. The van der Waals surface area contributed by atoms with Crippen LogP contribution in [0.25, 0.3) is 0 Å². The van der Waals surface area contributed by atoms with Gasteiger partial charge >= 0.3 is 0 Å². The Morgan fingerprint density at radius 2 is 2.14 bits per heavy atom. The van der Waals surface area contributed by atoms with E-state index in [1.807, 2.05) is 43.5 Å². The molecule has 0 saturated heterocycles. The van der Waals surface area contributed by atoms with Gasteiger partial charge in [0.15, 0.2) is 0 Å². The molecular formula is C16H21N3OS. The van der Waals surface area contributed by atoms with E-state index in [1.165, 1.54) is 0 Å². The zero-order valence-corrected chi connectivity index (χ0v) is 13.5. The first kappa shape index (κ1) is 15.5. The van der Waals surface area contributed by atoms with Crippen LogP contribution in [0, 0.1) is 6.92 Å². The van der Waals surface area contributed by atoms with Gasteiger partial charge in [0, 0.05) is 23.3 Å². The van der Waals surface area contributed by atoms with Crippen molar-refractivity contribution in [2.24, 2.45) is 0 Å². The van der Waals surface area contributed by atoms with Crippen molar-refractivity contribution in [3.05, 3.63) is 45.9 Å². The van der Waals surface area contributed by atoms with Gasteiger partial charge in [-0.25, -0.2) is 4.98 Å². The molecule has 1 aromatic heterocycles.